The van der Waals surface area contributed by atoms with Crippen LogP contribution in [-0.2, 0) is 0 Å². The van der Waals surface area contributed by atoms with E-state index in [4.69, 9.17) is 13.9 Å². The largest absolute Gasteiger partial charge is 0.454 e. The van der Waals surface area contributed by atoms with Crippen molar-refractivity contribution >= 4 is 12.6 Å². The minimum absolute atomic E-state index is 0.239. The van der Waals surface area contributed by atoms with Gasteiger partial charge in [-0.15, -0.1) is 10.2 Å². The molecule has 1 aromatic carbocycles. The summed E-state index contributed by atoms with van der Waals surface area (Å²) in [5.74, 6) is 1.83. The van der Waals surface area contributed by atoms with Gasteiger partial charge in [0.15, 0.2) is 11.5 Å². The highest BCUT2D eigenvalue weighted by Crippen LogP contribution is 2.35. The normalized spacial score (nSPS) is 13.1. The maximum Gasteiger partial charge on any atom is 0.273 e. The molecule has 2 heterocycles. The fourth-order valence-electron chi connectivity index (χ4n) is 1.36. The summed E-state index contributed by atoms with van der Waals surface area (Å²) in [6.45, 7) is 0.250. The molecule has 0 bridgehead atoms. The Morgan fingerprint density at radius 1 is 1.13 bits per heavy atom. The zero-order valence-electron chi connectivity index (χ0n) is 7.51. The van der Waals surface area contributed by atoms with Gasteiger partial charge in [0.05, 0.1) is 0 Å². The Morgan fingerprint density at radius 2 is 2.00 bits per heavy atom. The Labute approximate surface area is 90.4 Å². The fraction of sp³-hybridized carbons (Fsp3) is 0.111. The first-order chi connectivity index (χ1) is 7.33. The molecule has 6 heteroatoms. The molecule has 76 valence electrons. The number of hydrogen-bond acceptors (Lipinski definition) is 6. The van der Waals surface area contributed by atoms with Crippen molar-refractivity contribution in [2.45, 2.75) is 5.22 Å². The molecule has 0 saturated carbocycles. The van der Waals surface area contributed by atoms with E-state index in [1.165, 1.54) is 0 Å². The molecule has 1 aliphatic heterocycles. The van der Waals surface area contributed by atoms with Gasteiger partial charge >= 0.3 is 0 Å². The van der Waals surface area contributed by atoms with E-state index in [9.17, 15) is 0 Å². The van der Waals surface area contributed by atoms with Crippen LogP contribution in [0.4, 0.5) is 0 Å². The van der Waals surface area contributed by atoms with Gasteiger partial charge in [0, 0.05) is 5.56 Å². The molecule has 15 heavy (non-hydrogen) atoms. The minimum atomic E-state index is 0.239. The molecule has 0 amide bonds. The van der Waals surface area contributed by atoms with Crippen LogP contribution in [-0.4, -0.2) is 17.0 Å². The quantitative estimate of drug-likeness (QED) is 0.745. The topological polar surface area (TPSA) is 57.4 Å². The Morgan fingerprint density at radius 3 is 2.80 bits per heavy atom. The van der Waals surface area contributed by atoms with Gasteiger partial charge in [-0.05, 0) is 18.2 Å². The van der Waals surface area contributed by atoms with Crippen molar-refractivity contribution in [3.8, 4) is 23.0 Å². The first-order valence-electron chi connectivity index (χ1n) is 4.25. The van der Waals surface area contributed by atoms with Crippen LogP contribution >= 0.6 is 12.6 Å². The number of thiol groups is 1. The van der Waals surface area contributed by atoms with Crippen LogP contribution in [0.3, 0.4) is 0 Å². The van der Waals surface area contributed by atoms with Crippen molar-refractivity contribution < 1.29 is 13.9 Å². The Kier molecular flexibility index (Phi) is 1.81. The van der Waals surface area contributed by atoms with Crippen LogP contribution in [0.15, 0.2) is 27.8 Å². The summed E-state index contributed by atoms with van der Waals surface area (Å²) in [6, 6.07) is 5.43. The van der Waals surface area contributed by atoms with E-state index in [1.54, 1.807) is 12.1 Å². The monoisotopic (exact) mass is 222 g/mol. The number of fused-ring (bicyclic) bond motifs is 1. The van der Waals surface area contributed by atoms with Crippen molar-refractivity contribution in [3.05, 3.63) is 18.2 Å². The van der Waals surface area contributed by atoms with Crippen LogP contribution in [0.2, 0.25) is 0 Å². The highest BCUT2D eigenvalue weighted by molar-refractivity contribution is 7.80. The van der Waals surface area contributed by atoms with Gasteiger partial charge in [-0.1, -0.05) is 12.6 Å². The lowest BCUT2D eigenvalue weighted by Gasteiger charge is -1.97. The van der Waals surface area contributed by atoms with E-state index in [0.29, 0.717) is 11.6 Å². The predicted octanol–water partition coefficient (Wildman–Crippen LogP) is 1.75. The predicted molar refractivity (Wildman–Crippen MR) is 53.1 cm³/mol. The molecule has 3 rings (SSSR count). The summed E-state index contributed by atoms with van der Waals surface area (Å²) in [5, 5.41) is 7.72. The van der Waals surface area contributed by atoms with Crippen molar-refractivity contribution in [3.63, 3.8) is 0 Å². The van der Waals surface area contributed by atoms with Crippen molar-refractivity contribution in [2.75, 3.05) is 6.79 Å². The summed E-state index contributed by atoms with van der Waals surface area (Å²) in [6.07, 6.45) is 0. The van der Waals surface area contributed by atoms with Gasteiger partial charge in [-0.3, -0.25) is 0 Å². The molecular formula is C9H6N2O3S. The van der Waals surface area contributed by atoms with Crippen molar-refractivity contribution in [2.24, 2.45) is 0 Å². The molecule has 5 nitrogen and oxygen atoms in total. The lowest BCUT2D eigenvalue weighted by Crippen LogP contribution is -1.92. The molecule has 1 aliphatic rings. The first-order valence-corrected chi connectivity index (χ1v) is 4.70. The maximum absolute atomic E-state index is 5.24. The Bertz CT molecular complexity index is 512. The maximum atomic E-state index is 5.24. The molecule has 0 aliphatic carbocycles. The number of hydrogen-bond donors (Lipinski definition) is 1. The van der Waals surface area contributed by atoms with E-state index in [2.05, 4.69) is 22.8 Å². The third kappa shape index (κ3) is 1.42. The second-order valence-corrected chi connectivity index (χ2v) is 3.34. The second-order valence-electron chi connectivity index (χ2n) is 2.96. The van der Waals surface area contributed by atoms with E-state index >= 15 is 0 Å². The van der Waals surface area contributed by atoms with Gasteiger partial charge < -0.3 is 13.9 Å². The van der Waals surface area contributed by atoms with Crippen molar-refractivity contribution in [1.29, 1.82) is 0 Å². The molecular weight excluding hydrogens is 216 g/mol. The van der Waals surface area contributed by atoms with E-state index in [0.717, 1.165) is 11.3 Å². The Balaban J connectivity index is 2.06. The summed E-state index contributed by atoms with van der Waals surface area (Å²) in [5.41, 5.74) is 0.784. The second kappa shape index (κ2) is 3.16. The smallest absolute Gasteiger partial charge is 0.273 e. The number of ether oxygens (including phenoxy) is 2. The Hall–Kier alpha value is -1.69. The van der Waals surface area contributed by atoms with Gasteiger partial charge in [0.1, 0.15) is 0 Å². The van der Waals surface area contributed by atoms with E-state index in [1.807, 2.05) is 6.07 Å². The van der Waals surface area contributed by atoms with Crippen molar-refractivity contribution in [1.82, 2.24) is 10.2 Å². The molecule has 0 fully saturated rings. The lowest BCUT2D eigenvalue weighted by atomic mass is 10.2. The third-order valence-electron chi connectivity index (χ3n) is 2.03. The highest BCUT2D eigenvalue weighted by Gasteiger charge is 2.15. The number of benzene rings is 1. The molecule has 0 unspecified atom stereocenters. The molecule has 0 spiro atoms. The van der Waals surface area contributed by atoms with E-state index in [-0.39, 0.29) is 12.0 Å². The number of nitrogens with zero attached hydrogens (tertiary/aromatic N) is 2. The SMILES string of the molecule is Sc1nnc(-c2ccc3c(c2)OCO3)o1. The molecule has 2 aromatic rings. The first kappa shape index (κ1) is 8.60. The standard InChI is InChI=1S/C9H6N2O3S/c15-9-11-10-8(14-9)5-1-2-6-7(3-5)13-4-12-6/h1-3H,4H2,(H,11,15). The summed E-state index contributed by atoms with van der Waals surface area (Å²) >= 11 is 3.94. The molecule has 0 saturated heterocycles. The van der Waals surface area contributed by atoms with Gasteiger partial charge in [0.2, 0.25) is 12.7 Å². The van der Waals surface area contributed by atoms with Crippen LogP contribution in [0.25, 0.3) is 11.5 Å². The van der Waals surface area contributed by atoms with Gasteiger partial charge in [0.25, 0.3) is 5.22 Å². The average Bonchev–Trinajstić information content (AvgIpc) is 2.84. The van der Waals surface area contributed by atoms with E-state index < -0.39 is 0 Å². The molecule has 0 N–H and O–H groups in total. The van der Waals surface area contributed by atoms with Gasteiger partial charge in [-0.25, -0.2) is 0 Å². The lowest BCUT2D eigenvalue weighted by molar-refractivity contribution is 0.174. The fourth-order valence-corrected chi connectivity index (χ4v) is 1.49. The molecule has 1 aromatic heterocycles. The minimum Gasteiger partial charge on any atom is -0.454 e. The van der Waals surface area contributed by atoms with Crippen LogP contribution in [0.1, 0.15) is 0 Å². The number of rotatable bonds is 1. The van der Waals surface area contributed by atoms with Crippen LogP contribution in [0, 0.1) is 0 Å². The zero-order valence-corrected chi connectivity index (χ0v) is 8.40. The highest BCUT2D eigenvalue weighted by atomic mass is 32.1. The summed E-state index contributed by atoms with van der Waals surface area (Å²) in [4.78, 5) is 0. The third-order valence-corrected chi connectivity index (χ3v) is 2.21. The number of aromatic nitrogens is 2. The van der Waals surface area contributed by atoms with Crippen LogP contribution in [0.5, 0.6) is 11.5 Å². The zero-order chi connectivity index (χ0) is 10.3. The summed E-state index contributed by atoms with van der Waals surface area (Å²) < 4.78 is 15.6. The van der Waals surface area contributed by atoms with Crippen LogP contribution < -0.4 is 9.47 Å². The summed E-state index contributed by atoms with van der Waals surface area (Å²) in [7, 11) is 0. The molecule has 0 atom stereocenters. The van der Waals surface area contributed by atoms with Gasteiger partial charge in [-0.2, -0.15) is 0 Å². The molecule has 0 radical (unpaired) electrons. The average molecular weight is 222 g/mol.